The fraction of sp³-hybridized carbons (Fsp3) is 0.143. The number of nitrogens with one attached hydrogen (secondary N) is 1. The van der Waals surface area contributed by atoms with Gasteiger partial charge >= 0.3 is 0 Å². The summed E-state index contributed by atoms with van der Waals surface area (Å²) in [6.07, 6.45) is 0. The van der Waals surface area contributed by atoms with Crippen molar-refractivity contribution in [3.8, 4) is 5.69 Å². The van der Waals surface area contributed by atoms with Crippen molar-refractivity contribution < 1.29 is 4.79 Å². The van der Waals surface area contributed by atoms with E-state index in [9.17, 15) is 4.79 Å². The van der Waals surface area contributed by atoms with Crippen LogP contribution in [0.3, 0.4) is 0 Å². The van der Waals surface area contributed by atoms with E-state index in [1.165, 1.54) is 28.2 Å². The summed E-state index contributed by atoms with van der Waals surface area (Å²) in [5.74, 6) is 0.661. The average Bonchev–Trinajstić information content (AvgIpc) is 3.28. The van der Waals surface area contributed by atoms with E-state index in [4.69, 9.17) is 12.2 Å². The first-order valence-corrected chi connectivity index (χ1v) is 12.1. The molecule has 5 nitrogen and oxygen atoms in total. The van der Waals surface area contributed by atoms with Gasteiger partial charge < -0.3 is 0 Å². The maximum Gasteiger partial charge on any atom is 0.257 e. The molecule has 0 fully saturated rings. The van der Waals surface area contributed by atoms with Crippen molar-refractivity contribution in [1.82, 2.24) is 14.8 Å². The third-order valence-corrected chi connectivity index (χ3v) is 7.78. The number of thioether (sulfide) groups is 1. The minimum absolute atomic E-state index is 0.184. The number of aromatic nitrogens is 3. The van der Waals surface area contributed by atoms with Gasteiger partial charge in [0.25, 0.3) is 5.91 Å². The van der Waals surface area contributed by atoms with E-state index in [2.05, 4.69) is 27.5 Å². The van der Waals surface area contributed by atoms with E-state index >= 15 is 0 Å². The second kappa shape index (κ2) is 9.22. The van der Waals surface area contributed by atoms with Crippen LogP contribution in [0.25, 0.3) is 5.69 Å². The molecule has 0 radical (unpaired) electrons. The highest BCUT2D eigenvalue weighted by Gasteiger charge is 2.12. The maximum atomic E-state index is 12.5. The molecule has 2 aromatic heterocycles. The topological polar surface area (TPSA) is 59.8 Å². The standard InChI is InChI=1S/C21H18N4OS4/c1-13-14(2)29-19(22-13)23-18(26)16-8-10-17(11-9-16)25-21(27)30-20(24-25)28-12-15-6-4-3-5-7-15/h3-11H,12H2,1-2H3,(H,22,23,26). The molecular weight excluding hydrogens is 453 g/mol. The fourth-order valence-corrected chi connectivity index (χ4v) is 5.78. The summed E-state index contributed by atoms with van der Waals surface area (Å²) < 4.78 is 3.33. The lowest BCUT2D eigenvalue weighted by molar-refractivity contribution is 0.102. The smallest absolute Gasteiger partial charge is 0.257 e. The van der Waals surface area contributed by atoms with E-state index in [1.807, 2.05) is 44.2 Å². The third kappa shape index (κ3) is 4.86. The van der Waals surface area contributed by atoms with Crippen LogP contribution in [0.1, 0.15) is 26.5 Å². The van der Waals surface area contributed by atoms with Gasteiger partial charge in [-0.2, -0.15) is 0 Å². The van der Waals surface area contributed by atoms with Gasteiger partial charge in [-0.05, 0) is 55.9 Å². The number of amides is 1. The molecule has 0 bridgehead atoms. The van der Waals surface area contributed by atoms with Crippen molar-refractivity contribution in [2.75, 3.05) is 5.32 Å². The minimum Gasteiger partial charge on any atom is -0.298 e. The Morgan fingerprint density at radius 1 is 1.10 bits per heavy atom. The van der Waals surface area contributed by atoms with Crippen LogP contribution in [0.4, 0.5) is 5.13 Å². The van der Waals surface area contributed by atoms with Gasteiger partial charge in [0.15, 0.2) is 13.4 Å². The Bertz CT molecular complexity index is 1210. The van der Waals surface area contributed by atoms with Gasteiger partial charge in [-0.3, -0.25) is 10.1 Å². The van der Waals surface area contributed by atoms with Crippen molar-refractivity contribution in [2.24, 2.45) is 0 Å². The molecule has 1 amide bonds. The van der Waals surface area contributed by atoms with E-state index in [1.54, 1.807) is 28.6 Å². The largest absolute Gasteiger partial charge is 0.298 e. The molecule has 0 atom stereocenters. The number of hydrogen-bond donors (Lipinski definition) is 1. The number of carbonyl (C=O) groups is 1. The lowest BCUT2D eigenvalue weighted by Gasteiger charge is -2.04. The fourth-order valence-electron chi connectivity index (χ4n) is 2.65. The molecule has 4 rings (SSSR count). The molecular formula is C21H18N4OS4. The summed E-state index contributed by atoms with van der Waals surface area (Å²) in [6, 6.07) is 17.5. The zero-order valence-electron chi connectivity index (χ0n) is 16.3. The van der Waals surface area contributed by atoms with Crippen molar-refractivity contribution in [2.45, 2.75) is 23.9 Å². The van der Waals surface area contributed by atoms with Gasteiger partial charge in [0.1, 0.15) is 0 Å². The Morgan fingerprint density at radius 3 is 2.50 bits per heavy atom. The molecule has 0 spiro atoms. The molecule has 4 aromatic rings. The quantitative estimate of drug-likeness (QED) is 0.265. The highest BCUT2D eigenvalue weighted by Crippen LogP contribution is 2.27. The summed E-state index contributed by atoms with van der Waals surface area (Å²) in [7, 11) is 0. The van der Waals surface area contributed by atoms with Crippen LogP contribution in [0, 0.1) is 17.8 Å². The molecule has 30 heavy (non-hydrogen) atoms. The van der Waals surface area contributed by atoms with Crippen LogP contribution >= 0.6 is 46.7 Å². The van der Waals surface area contributed by atoms with Crippen molar-refractivity contribution in [3.63, 3.8) is 0 Å². The number of thiazole rings is 1. The molecule has 9 heteroatoms. The van der Waals surface area contributed by atoms with Gasteiger partial charge in [0.05, 0.1) is 11.4 Å². The highest BCUT2D eigenvalue weighted by molar-refractivity contribution is 8.00. The van der Waals surface area contributed by atoms with E-state index in [-0.39, 0.29) is 5.91 Å². The average molecular weight is 471 g/mol. The lowest BCUT2D eigenvalue weighted by Crippen LogP contribution is -2.11. The number of benzene rings is 2. The summed E-state index contributed by atoms with van der Waals surface area (Å²) in [5.41, 5.74) is 3.57. The highest BCUT2D eigenvalue weighted by atomic mass is 32.2. The second-order valence-corrected chi connectivity index (χ2v) is 10.5. The Kier molecular flexibility index (Phi) is 6.43. The molecule has 0 saturated heterocycles. The minimum atomic E-state index is -0.184. The van der Waals surface area contributed by atoms with E-state index < -0.39 is 0 Å². The van der Waals surface area contributed by atoms with Crippen molar-refractivity contribution >= 4 is 57.7 Å². The number of hydrogen-bond acceptors (Lipinski definition) is 7. The third-order valence-electron chi connectivity index (χ3n) is 4.36. The molecule has 0 aliphatic carbocycles. The van der Waals surface area contributed by atoms with Crippen LogP contribution in [0.5, 0.6) is 0 Å². The van der Waals surface area contributed by atoms with Crippen LogP contribution in [-0.4, -0.2) is 20.7 Å². The normalized spacial score (nSPS) is 10.9. The molecule has 0 aliphatic heterocycles. The van der Waals surface area contributed by atoms with Crippen LogP contribution in [0.2, 0.25) is 0 Å². The summed E-state index contributed by atoms with van der Waals surface area (Å²) in [5, 5.41) is 8.10. The number of rotatable bonds is 6. The number of anilines is 1. The summed E-state index contributed by atoms with van der Waals surface area (Å²) in [4.78, 5) is 17.9. The summed E-state index contributed by atoms with van der Waals surface area (Å²) >= 11 is 10.1. The molecule has 2 aromatic carbocycles. The van der Waals surface area contributed by atoms with Gasteiger partial charge in [-0.25, -0.2) is 9.67 Å². The van der Waals surface area contributed by atoms with E-state index in [0.717, 1.165) is 26.4 Å². The molecule has 1 N–H and O–H groups in total. The monoisotopic (exact) mass is 470 g/mol. The number of aryl methyl sites for hydroxylation is 2. The van der Waals surface area contributed by atoms with Gasteiger partial charge in [-0.15, -0.1) is 16.4 Å². The predicted molar refractivity (Wildman–Crippen MR) is 128 cm³/mol. The first-order valence-electron chi connectivity index (χ1n) is 9.12. The Hall–Kier alpha value is -2.33. The zero-order valence-corrected chi connectivity index (χ0v) is 19.6. The van der Waals surface area contributed by atoms with Crippen molar-refractivity contribution in [3.05, 3.63) is 80.2 Å². The molecule has 2 heterocycles. The van der Waals surface area contributed by atoms with Crippen LogP contribution in [0.15, 0.2) is 58.9 Å². The molecule has 0 unspecified atom stereocenters. The lowest BCUT2D eigenvalue weighted by atomic mass is 10.2. The Morgan fingerprint density at radius 2 is 1.83 bits per heavy atom. The Labute approximate surface area is 191 Å². The second-order valence-electron chi connectivity index (χ2n) is 6.48. The first-order chi connectivity index (χ1) is 14.5. The molecule has 0 saturated carbocycles. The van der Waals surface area contributed by atoms with Gasteiger partial charge in [0, 0.05) is 16.2 Å². The molecule has 152 valence electrons. The molecule has 0 aliphatic rings. The van der Waals surface area contributed by atoms with Crippen LogP contribution in [-0.2, 0) is 5.75 Å². The Balaban J connectivity index is 1.45. The SMILES string of the molecule is Cc1nc(NC(=O)c2ccc(-n3nc(SCc4ccccc4)sc3=S)cc2)sc1C. The maximum absolute atomic E-state index is 12.5. The predicted octanol–water partition coefficient (Wildman–Crippen LogP) is 6.28. The van der Waals surface area contributed by atoms with Gasteiger partial charge in [0.2, 0.25) is 0 Å². The first kappa shape index (κ1) is 20.9. The van der Waals surface area contributed by atoms with Crippen LogP contribution < -0.4 is 5.32 Å². The summed E-state index contributed by atoms with van der Waals surface area (Å²) in [6.45, 7) is 3.92. The number of nitrogens with zero attached hydrogens (tertiary/aromatic N) is 3. The van der Waals surface area contributed by atoms with Gasteiger partial charge in [-0.1, -0.05) is 53.4 Å². The van der Waals surface area contributed by atoms with E-state index in [0.29, 0.717) is 14.6 Å². The van der Waals surface area contributed by atoms with Crippen molar-refractivity contribution in [1.29, 1.82) is 0 Å². The number of carbonyl (C=O) groups excluding carboxylic acids is 1. The zero-order chi connectivity index (χ0) is 21.1.